The molecule has 7 heteroatoms. The van der Waals surface area contributed by atoms with Gasteiger partial charge in [0.05, 0.1) is 18.8 Å². The zero-order chi connectivity index (χ0) is 17.2. The van der Waals surface area contributed by atoms with Crippen LogP contribution in [0, 0.1) is 0 Å². The molecule has 6 nitrogen and oxygen atoms in total. The van der Waals surface area contributed by atoms with Crippen molar-refractivity contribution < 1.29 is 9.53 Å². The quantitative estimate of drug-likeness (QED) is 0.782. The molecular weight excluding hydrogens is 340 g/mol. The molecule has 2 aromatic carbocycles. The number of amides is 1. The first-order valence-corrected chi connectivity index (χ1v) is 8.24. The van der Waals surface area contributed by atoms with Crippen LogP contribution in [0.1, 0.15) is 27.8 Å². The highest BCUT2D eigenvalue weighted by atomic mass is 35.5. The maximum Gasteiger partial charge on any atom is 0.278 e. The highest BCUT2D eigenvalue weighted by Gasteiger charge is 2.27. The average Bonchev–Trinajstić information content (AvgIpc) is 3.06. The average molecular weight is 355 g/mol. The molecule has 0 saturated heterocycles. The first kappa shape index (κ1) is 15.8. The van der Waals surface area contributed by atoms with Crippen molar-refractivity contribution in [2.75, 3.05) is 5.32 Å². The first-order valence-electron chi connectivity index (χ1n) is 7.86. The number of anilines is 1. The van der Waals surface area contributed by atoms with Crippen molar-refractivity contribution in [3.63, 3.8) is 0 Å². The highest BCUT2D eigenvalue weighted by molar-refractivity contribution is 6.30. The fourth-order valence-electron chi connectivity index (χ4n) is 2.78. The van der Waals surface area contributed by atoms with Gasteiger partial charge in [-0.05, 0) is 29.8 Å². The van der Waals surface area contributed by atoms with E-state index in [9.17, 15) is 4.79 Å². The smallest absolute Gasteiger partial charge is 0.278 e. The lowest BCUT2D eigenvalue weighted by atomic mass is 10.1. The van der Waals surface area contributed by atoms with Gasteiger partial charge in [0, 0.05) is 10.7 Å². The topological polar surface area (TPSA) is 69.0 Å². The zero-order valence-electron chi connectivity index (χ0n) is 13.2. The Kier molecular flexibility index (Phi) is 4.21. The summed E-state index contributed by atoms with van der Waals surface area (Å²) in [6, 6.07) is 16.8. The lowest BCUT2D eigenvalue weighted by Gasteiger charge is -2.24. The summed E-state index contributed by atoms with van der Waals surface area (Å²) in [5.74, 6) is -0.291. The second kappa shape index (κ2) is 6.66. The summed E-state index contributed by atoms with van der Waals surface area (Å²) in [5, 5.41) is 11.6. The van der Waals surface area contributed by atoms with Gasteiger partial charge in [0.15, 0.2) is 5.69 Å². The number of hydrogen-bond donors (Lipinski definition) is 1. The van der Waals surface area contributed by atoms with Gasteiger partial charge in [-0.3, -0.25) is 4.79 Å². The Balaban J connectivity index is 1.52. The number of rotatable bonds is 3. The highest BCUT2D eigenvalue weighted by Crippen LogP contribution is 2.28. The maximum absolute atomic E-state index is 12.4. The van der Waals surface area contributed by atoms with E-state index in [0.717, 1.165) is 5.56 Å². The molecule has 3 aromatic rings. The minimum atomic E-state index is -0.291. The van der Waals surface area contributed by atoms with Gasteiger partial charge in [-0.25, -0.2) is 4.68 Å². The Hall–Kier alpha value is -2.70. The van der Waals surface area contributed by atoms with Crippen LogP contribution in [0.25, 0.3) is 0 Å². The fraction of sp³-hybridized carbons (Fsp3) is 0.167. The molecule has 25 heavy (non-hydrogen) atoms. The van der Waals surface area contributed by atoms with Crippen molar-refractivity contribution in [3.05, 3.63) is 76.6 Å². The van der Waals surface area contributed by atoms with E-state index in [1.54, 1.807) is 4.68 Å². The van der Waals surface area contributed by atoms with Crippen LogP contribution >= 0.6 is 11.6 Å². The van der Waals surface area contributed by atoms with Crippen molar-refractivity contribution in [3.8, 4) is 0 Å². The Morgan fingerprint density at radius 1 is 1.16 bits per heavy atom. The van der Waals surface area contributed by atoms with E-state index in [2.05, 4.69) is 15.6 Å². The van der Waals surface area contributed by atoms with E-state index in [0.29, 0.717) is 28.6 Å². The second-order valence-electron chi connectivity index (χ2n) is 5.74. The van der Waals surface area contributed by atoms with E-state index in [-0.39, 0.29) is 18.6 Å². The van der Waals surface area contributed by atoms with Crippen LogP contribution in [0.2, 0.25) is 5.02 Å². The van der Waals surface area contributed by atoms with Crippen molar-refractivity contribution in [1.82, 2.24) is 15.0 Å². The minimum absolute atomic E-state index is 0.142. The molecule has 1 N–H and O–H groups in total. The summed E-state index contributed by atoms with van der Waals surface area (Å²) < 4.78 is 7.63. The van der Waals surface area contributed by atoms with Crippen molar-refractivity contribution in [2.24, 2.45) is 0 Å². The third-order valence-corrected chi connectivity index (χ3v) is 4.34. The summed E-state index contributed by atoms with van der Waals surface area (Å²) in [6.45, 7) is 0.778. The van der Waals surface area contributed by atoms with Gasteiger partial charge in [-0.15, -0.1) is 5.10 Å². The molecule has 1 unspecified atom stereocenters. The molecule has 0 radical (unpaired) electrons. The predicted molar refractivity (Wildman–Crippen MR) is 93.4 cm³/mol. The summed E-state index contributed by atoms with van der Waals surface area (Å²) in [5.41, 5.74) is 2.70. The van der Waals surface area contributed by atoms with Crippen LogP contribution in [-0.2, 0) is 17.9 Å². The number of benzene rings is 2. The Bertz CT molecular complexity index is 893. The third kappa shape index (κ3) is 3.26. The van der Waals surface area contributed by atoms with E-state index in [4.69, 9.17) is 16.3 Å². The normalized spacial score (nSPS) is 16.3. The van der Waals surface area contributed by atoms with Crippen LogP contribution in [-0.4, -0.2) is 20.9 Å². The predicted octanol–water partition coefficient (Wildman–Crippen LogP) is 3.46. The summed E-state index contributed by atoms with van der Waals surface area (Å²) >= 11 is 5.92. The molecule has 1 amide bonds. The van der Waals surface area contributed by atoms with E-state index in [1.165, 1.54) is 0 Å². The maximum atomic E-state index is 12.4. The Morgan fingerprint density at radius 3 is 2.68 bits per heavy atom. The van der Waals surface area contributed by atoms with Crippen LogP contribution in [0.4, 0.5) is 5.69 Å². The van der Waals surface area contributed by atoms with Crippen molar-refractivity contribution >= 4 is 23.2 Å². The number of aromatic nitrogens is 3. The number of fused-ring (bicyclic) bond motifs is 1. The van der Waals surface area contributed by atoms with Crippen molar-refractivity contribution in [1.29, 1.82) is 0 Å². The standard InChI is InChI=1S/C18H15ClN4O2/c19-13-8-6-12(7-9-13)16-10-23-15(11-25-16)17(21-22-23)18(24)20-14-4-2-1-3-5-14/h1-9,16H,10-11H2,(H,20,24). The van der Waals surface area contributed by atoms with E-state index < -0.39 is 0 Å². The molecule has 1 aliphatic heterocycles. The summed E-state index contributed by atoms with van der Waals surface area (Å²) in [7, 11) is 0. The summed E-state index contributed by atoms with van der Waals surface area (Å²) in [6.07, 6.45) is -0.142. The lowest BCUT2D eigenvalue weighted by Crippen LogP contribution is -2.24. The van der Waals surface area contributed by atoms with Crippen molar-refractivity contribution in [2.45, 2.75) is 19.3 Å². The molecular formula is C18H15ClN4O2. The molecule has 0 aliphatic carbocycles. The zero-order valence-corrected chi connectivity index (χ0v) is 14.0. The van der Waals surface area contributed by atoms with Gasteiger partial charge in [-0.1, -0.05) is 47.1 Å². The molecule has 4 rings (SSSR count). The number of carbonyl (C=O) groups is 1. The number of nitrogens with one attached hydrogen (secondary N) is 1. The van der Waals surface area contributed by atoms with Gasteiger partial charge in [0.1, 0.15) is 6.10 Å². The molecule has 1 aliphatic rings. The first-order chi connectivity index (χ1) is 12.2. The van der Waals surface area contributed by atoms with Gasteiger partial charge in [0.25, 0.3) is 5.91 Å². The number of halogens is 1. The third-order valence-electron chi connectivity index (χ3n) is 4.09. The summed E-state index contributed by atoms with van der Waals surface area (Å²) in [4.78, 5) is 12.4. The second-order valence-corrected chi connectivity index (χ2v) is 6.17. The molecule has 2 heterocycles. The molecule has 126 valence electrons. The largest absolute Gasteiger partial charge is 0.365 e. The Morgan fingerprint density at radius 2 is 1.92 bits per heavy atom. The van der Waals surface area contributed by atoms with E-state index >= 15 is 0 Å². The van der Waals surface area contributed by atoms with Crippen LogP contribution in [0.3, 0.4) is 0 Å². The lowest BCUT2D eigenvalue weighted by molar-refractivity contribution is -0.00171. The molecule has 1 atom stereocenters. The molecule has 0 saturated carbocycles. The number of ether oxygens (including phenoxy) is 1. The van der Waals surface area contributed by atoms with Gasteiger partial charge < -0.3 is 10.1 Å². The minimum Gasteiger partial charge on any atom is -0.365 e. The molecule has 0 bridgehead atoms. The monoisotopic (exact) mass is 354 g/mol. The van der Waals surface area contributed by atoms with Gasteiger partial charge in [-0.2, -0.15) is 0 Å². The number of para-hydroxylation sites is 1. The molecule has 0 fully saturated rings. The number of hydrogen-bond acceptors (Lipinski definition) is 4. The SMILES string of the molecule is O=C(Nc1ccccc1)c1nnn2c1COC(c1ccc(Cl)cc1)C2. The van der Waals surface area contributed by atoms with Crippen LogP contribution < -0.4 is 5.32 Å². The van der Waals surface area contributed by atoms with Gasteiger partial charge >= 0.3 is 0 Å². The molecule has 0 spiro atoms. The number of carbonyl (C=O) groups excluding carboxylic acids is 1. The fourth-order valence-corrected chi connectivity index (χ4v) is 2.90. The van der Waals surface area contributed by atoms with Crippen LogP contribution in [0.5, 0.6) is 0 Å². The van der Waals surface area contributed by atoms with E-state index in [1.807, 2.05) is 54.6 Å². The Labute approximate surface area is 149 Å². The van der Waals surface area contributed by atoms with Crippen LogP contribution in [0.15, 0.2) is 54.6 Å². The molecule has 1 aromatic heterocycles. The number of nitrogens with zero attached hydrogens (tertiary/aromatic N) is 3. The van der Waals surface area contributed by atoms with Gasteiger partial charge in [0.2, 0.25) is 0 Å².